The van der Waals surface area contributed by atoms with Gasteiger partial charge in [-0.25, -0.2) is 4.98 Å². The van der Waals surface area contributed by atoms with E-state index in [1.807, 2.05) is 71.3 Å². The summed E-state index contributed by atoms with van der Waals surface area (Å²) in [6.07, 6.45) is -0.482. The normalized spacial score (nSPS) is 20.1. The molecule has 7 nitrogen and oxygen atoms in total. The van der Waals surface area contributed by atoms with Crippen molar-refractivity contribution < 1.29 is 14.7 Å². The molecule has 0 bridgehead atoms. The van der Waals surface area contributed by atoms with Gasteiger partial charge in [0.05, 0.1) is 33.8 Å². The summed E-state index contributed by atoms with van der Waals surface area (Å²) < 4.78 is 0. The Hall–Kier alpha value is -2.29. The minimum absolute atomic E-state index is 0.161. The van der Waals surface area contributed by atoms with Crippen LogP contribution in [0.4, 0.5) is 0 Å². The third kappa shape index (κ3) is 5.45. The summed E-state index contributed by atoms with van der Waals surface area (Å²) >= 11 is 1.61. The number of hydrogen-bond donors (Lipinski definition) is 3. The van der Waals surface area contributed by atoms with Crippen molar-refractivity contribution in [1.82, 2.24) is 20.5 Å². The topological polar surface area (TPSA) is 94.6 Å². The number of aryl methyl sites for hydroxylation is 1. The number of aliphatic hydroxyl groups excluding tert-OH is 1. The maximum atomic E-state index is 13.3. The zero-order valence-corrected chi connectivity index (χ0v) is 21.4. The Morgan fingerprint density at radius 1 is 1.18 bits per heavy atom. The average Bonchev–Trinajstić information content (AvgIpc) is 3.32. The van der Waals surface area contributed by atoms with Crippen LogP contribution in [-0.4, -0.2) is 58.6 Å². The molecule has 0 spiro atoms. The molecule has 3 atom stereocenters. The van der Waals surface area contributed by atoms with Gasteiger partial charge in [-0.05, 0) is 44.4 Å². The third-order valence-electron chi connectivity index (χ3n) is 6.32. The van der Waals surface area contributed by atoms with Crippen molar-refractivity contribution in [3.8, 4) is 10.4 Å². The molecule has 1 saturated heterocycles. The first-order valence-corrected chi connectivity index (χ1v) is 12.2. The standard InChI is InChI=1S/C25H36N4O3S/c1-15-20(33-14-27-15)16-8-10-17(11-9-16)25(5,6)28-22(31)19-12-18(30)13-29(19)23(32)21(26-7)24(2,3)4/h8-11,14,18-19,21,26,30H,12-13H2,1-7H3,(H,28,31)/t18-,19+,21-/m1/s1. The van der Waals surface area contributed by atoms with Gasteiger partial charge in [0.1, 0.15) is 6.04 Å². The highest BCUT2D eigenvalue weighted by molar-refractivity contribution is 7.13. The molecule has 8 heteroatoms. The number of rotatable bonds is 6. The van der Waals surface area contributed by atoms with Gasteiger partial charge in [-0.3, -0.25) is 9.59 Å². The van der Waals surface area contributed by atoms with Crippen LogP contribution in [0.3, 0.4) is 0 Å². The highest BCUT2D eigenvalue weighted by Gasteiger charge is 2.44. The number of carbonyl (C=O) groups excluding carboxylic acids is 2. The van der Waals surface area contributed by atoms with Gasteiger partial charge in [-0.15, -0.1) is 11.3 Å². The molecule has 0 unspecified atom stereocenters. The zero-order valence-electron chi connectivity index (χ0n) is 20.6. The lowest BCUT2D eigenvalue weighted by Crippen LogP contribution is -2.57. The lowest BCUT2D eigenvalue weighted by Gasteiger charge is -2.36. The van der Waals surface area contributed by atoms with Gasteiger partial charge in [0.25, 0.3) is 0 Å². The lowest BCUT2D eigenvalue weighted by molar-refractivity contribution is -0.142. The van der Waals surface area contributed by atoms with E-state index in [1.165, 1.54) is 4.90 Å². The lowest BCUT2D eigenvalue weighted by atomic mass is 9.85. The van der Waals surface area contributed by atoms with Gasteiger partial charge < -0.3 is 20.6 Å². The average molecular weight is 473 g/mol. The molecular formula is C25H36N4O3S. The zero-order chi connectivity index (χ0) is 24.6. The summed E-state index contributed by atoms with van der Waals surface area (Å²) in [4.78, 5) is 33.5. The van der Waals surface area contributed by atoms with Crippen molar-refractivity contribution in [3.63, 3.8) is 0 Å². The number of nitrogens with one attached hydrogen (secondary N) is 2. The molecule has 1 fully saturated rings. The first-order valence-electron chi connectivity index (χ1n) is 11.3. The van der Waals surface area contributed by atoms with Gasteiger partial charge in [-0.1, -0.05) is 45.0 Å². The highest BCUT2D eigenvalue weighted by atomic mass is 32.1. The van der Waals surface area contributed by atoms with Crippen LogP contribution in [0.1, 0.15) is 52.3 Å². The van der Waals surface area contributed by atoms with E-state index in [0.717, 1.165) is 21.7 Å². The number of likely N-dealkylation sites (tertiary alicyclic amines) is 1. The van der Waals surface area contributed by atoms with E-state index in [2.05, 4.69) is 15.6 Å². The second kappa shape index (κ2) is 9.52. The van der Waals surface area contributed by atoms with E-state index < -0.39 is 23.7 Å². The molecule has 3 rings (SSSR count). The number of nitrogens with zero attached hydrogens (tertiary/aromatic N) is 2. The van der Waals surface area contributed by atoms with Crippen LogP contribution >= 0.6 is 11.3 Å². The Morgan fingerprint density at radius 2 is 1.82 bits per heavy atom. The van der Waals surface area contributed by atoms with Gasteiger partial charge in [0, 0.05) is 13.0 Å². The first-order chi connectivity index (χ1) is 15.3. The number of aromatic nitrogens is 1. The van der Waals surface area contributed by atoms with E-state index in [0.29, 0.717) is 0 Å². The predicted octanol–water partition coefficient (Wildman–Crippen LogP) is 3.07. The van der Waals surface area contributed by atoms with Crippen LogP contribution in [0, 0.1) is 12.3 Å². The number of carbonyl (C=O) groups is 2. The van der Waals surface area contributed by atoms with Gasteiger partial charge in [-0.2, -0.15) is 0 Å². The molecule has 2 aromatic rings. The molecule has 2 amide bonds. The summed E-state index contributed by atoms with van der Waals surface area (Å²) in [5, 5.41) is 16.5. The fourth-order valence-electron chi connectivity index (χ4n) is 4.48. The number of aliphatic hydroxyl groups is 1. The van der Waals surface area contributed by atoms with Crippen LogP contribution in [0.2, 0.25) is 0 Å². The van der Waals surface area contributed by atoms with E-state index in [4.69, 9.17) is 0 Å². The number of β-amino-alcohol motifs (C(OH)–C–C–N with tert-alkyl or cyclic N) is 1. The minimum Gasteiger partial charge on any atom is -0.391 e. The number of benzene rings is 1. The summed E-state index contributed by atoms with van der Waals surface area (Å²) in [5.74, 6) is -0.417. The number of hydrogen-bond acceptors (Lipinski definition) is 6. The highest BCUT2D eigenvalue weighted by Crippen LogP contribution is 2.30. The van der Waals surface area contributed by atoms with Crippen molar-refractivity contribution in [2.24, 2.45) is 5.41 Å². The number of thiazole rings is 1. The van der Waals surface area contributed by atoms with Crippen molar-refractivity contribution in [2.45, 2.75) is 71.7 Å². The molecule has 33 heavy (non-hydrogen) atoms. The maximum absolute atomic E-state index is 13.3. The van der Waals surface area contributed by atoms with Gasteiger partial charge in [0.15, 0.2) is 0 Å². The van der Waals surface area contributed by atoms with E-state index in [1.54, 1.807) is 18.4 Å². The third-order valence-corrected chi connectivity index (χ3v) is 7.29. The van der Waals surface area contributed by atoms with Gasteiger partial charge >= 0.3 is 0 Å². The maximum Gasteiger partial charge on any atom is 0.243 e. The fraction of sp³-hybridized carbons (Fsp3) is 0.560. The quantitative estimate of drug-likeness (QED) is 0.601. The summed E-state index contributed by atoms with van der Waals surface area (Å²) in [6, 6.07) is 6.95. The molecule has 1 aromatic carbocycles. The van der Waals surface area contributed by atoms with Crippen molar-refractivity contribution in [3.05, 3.63) is 41.0 Å². The number of amides is 2. The molecule has 0 aliphatic carbocycles. The van der Waals surface area contributed by atoms with E-state index in [-0.39, 0.29) is 30.2 Å². The molecule has 0 saturated carbocycles. The predicted molar refractivity (Wildman–Crippen MR) is 132 cm³/mol. The van der Waals surface area contributed by atoms with Crippen molar-refractivity contribution in [1.29, 1.82) is 0 Å². The summed E-state index contributed by atoms with van der Waals surface area (Å²) in [5.41, 5.74) is 3.92. The Labute approximate surface area is 200 Å². The van der Waals surface area contributed by atoms with Crippen LogP contribution < -0.4 is 10.6 Å². The minimum atomic E-state index is -0.716. The molecule has 180 valence electrons. The summed E-state index contributed by atoms with van der Waals surface area (Å²) in [7, 11) is 1.75. The Kier molecular flexibility index (Phi) is 7.31. The van der Waals surface area contributed by atoms with Crippen molar-refractivity contribution >= 4 is 23.2 Å². The Bertz CT molecular complexity index is 994. The molecule has 1 aromatic heterocycles. The summed E-state index contributed by atoms with van der Waals surface area (Å²) in [6.45, 7) is 12.0. The van der Waals surface area contributed by atoms with Gasteiger partial charge in [0.2, 0.25) is 11.8 Å². The van der Waals surface area contributed by atoms with Crippen LogP contribution in [0.25, 0.3) is 10.4 Å². The molecule has 2 heterocycles. The number of likely N-dealkylation sites (N-methyl/N-ethyl adjacent to an activating group) is 1. The van der Waals surface area contributed by atoms with Crippen LogP contribution in [0.15, 0.2) is 29.8 Å². The SMILES string of the molecule is CN[C@H](C(=O)N1C[C@H](O)C[C@H]1C(=O)NC(C)(C)c1ccc(-c2scnc2C)cc1)C(C)(C)C. The van der Waals surface area contributed by atoms with Crippen LogP contribution in [-0.2, 0) is 15.1 Å². The monoisotopic (exact) mass is 472 g/mol. The smallest absolute Gasteiger partial charge is 0.243 e. The molecule has 0 radical (unpaired) electrons. The van der Waals surface area contributed by atoms with Crippen molar-refractivity contribution in [2.75, 3.05) is 13.6 Å². The van der Waals surface area contributed by atoms with E-state index >= 15 is 0 Å². The molecule has 1 aliphatic rings. The fourth-order valence-corrected chi connectivity index (χ4v) is 5.29. The van der Waals surface area contributed by atoms with E-state index in [9.17, 15) is 14.7 Å². The second-order valence-electron chi connectivity index (χ2n) is 10.4. The molecular weight excluding hydrogens is 436 g/mol. The largest absolute Gasteiger partial charge is 0.391 e. The first kappa shape index (κ1) is 25.3. The molecule has 3 N–H and O–H groups in total. The second-order valence-corrected chi connectivity index (χ2v) is 11.3. The Morgan fingerprint density at radius 3 is 2.33 bits per heavy atom. The van der Waals surface area contributed by atoms with Crippen LogP contribution in [0.5, 0.6) is 0 Å². The molecule has 1 aliphatic heterocycles. The Balaban J connectivity index is 1.76.